The van der Waals surface area contributed by atoms with Crippen molar-refractivity contribution in [1.82, 2.24) is 14.9 Å². The van der Waals surface area contributed by atoms with Crippen LogP contribution in [0.4, 0.5) is 0 Å². The average molecular weight is 323 g/mol. The van der Waals surface area contributed by atoms with Crippen LogP contribution >= 0.6 is 0 Å². The van der Waals surface area contributed by atoms with Crippen molar-refractivity contribution in [1.29, 1.82) is 0 Å². The molecule has 0 radical (unpaired) electrons. The molecule has 0 bridgehead atoms. The smallest absolute Gasteiger partial charge is 0.220 e. The van der Waals surface area contributed by atoms with E-state index in [1.54, 1.807) is 12.1 Å². The Hall–Kier alpha value is -2.82. The van der Waals surface area contributed by atoms with Gasteiger partial charge in [0.25, 0.3) is 0 Å². The molecule has 1 aromatic heterocycles. The zero-order valence-electron chi connectivity index (χ0n) is 13.7. The van der Waals surface area contributed by atoms with Gasteiger partial charge in [0.1, 0.15) is 11.6 Å². The van der Waals surface area contributed by atoms with Crippen LogP contribution in [0.15, 0.2) is 48.5 Å². The topological polar surface area (TPSA) is 67.2 Å². The molecule has 0 spiro atoms. The zero-order valence-corrected chi connectivity index (χ0v) is 13.7. The van der Waals surface area contributed by atoms with Gasteiger partial charge in [-0.25, -0.2) is 4.98 Å². The number of aryl methyl sites for hydroxylation is 2. The highest BCUT2D eigenvalue weighted by atomic mass is 16.3. The van der Waals surface area contributed by atoms with Crippen LogP contribution in [-0.4, -0.2) is 20.6 Å². The summed E-state index contributed by atoms with van der Waals surface area (Å²) in [5.41, 5.74) is 2.81. The predicted molar refractivity (Wildman–Crippen MR) is 93.7 cm³/mol. The summed E-state index contributed by atoms with van der Waals surface area (Å²) in [5, 5.41) is 12.7. The minimum atomic E-state index is -0.0482. The minimum Gasteiger partial charge on any atom is -0.508 e. The molecule has 0 aliphatic carbocycles. The van der Waals surface area contributed by atoms with Gasteiger partial charge in [0.2, 0.25) is 5.91 Å². The molecule has 5 nitrogen and oxygen atoms in total. The van der Waals surface area contributed by atoms with E-state index in [0.29, 0.717) is 19.4 Å². The third-order valence-electron chi connectivity index (χ3n) is 4.11. The third-order valence-corrected chi connectivity index (χ3v) is 4.11. The highest BCUT2D eigenvalue weighted by molar-refractivity contribution is 5.77. The number of amides is 1. The number of hydrogen-bond acceptors (Lipinski definition) is 3. The molecular weight excluding hydrogens is 302 g/mol. The van der Waals surface area contributed by atoms with Crippen molar-refractivity contribution in [3.8, 4) is 5.75 Å². The van der Waals surface area contributed by atoms with Gasteiger partial charge in [0.05, 0.1) is 17.6 Å². The predicted octanol–water partition coefficient (Wildman–Crippen LogP) is 3.01. The van der Waals surface area contributed by atoms with Gasteiger partial charge in [-0.1, -0.05) is 30.3 Å². The van der Waals surface area contributed by atoms with Crippen LogP contribution < -0.4 is 5.32 Å². The number of rotatable bonds is 6. The summed E-state index contributed by atoms with van der Waals surface area (Å²) < 4.78 is 2.11. The molecule has 1 amide bonds. The lowest BCUT2D eigenvalue weighted by Gasteiger charge is -2.08. The van der Waals surface area contributed by atoms with Gasteiger partial charge in [-0.2, -0.15) is 0 Å². The van der Waals surface area contributed by atoms with Crippen molar-refractivity contribution in [3.63, 3.8) is 0 Å². The lowest BCUT2D eigenvalue weighted by atomic mass is 10.1. The Labute approximate surface area is 141 Å². The maximum atomic E-state index is 12.1. The lowest BCUT2D eigenvalue weighted by Crippen LogP contribution is -2.24. The van der Waals surface area contributed by atoms with Crippen molar-refractivity contribution >= 4 is 16.9 Å². The Morgan fingerprint density at radius 3 is 2.71 bits per heavy atom. The Morgan fingerprint density at radius 1 is 1.17 bits per heavy atom. The van der Waals surface area contributed by atoms with E-state index in [-0.39, 0.29) is 11.7 Å². The molecule has 5 heteroatoms. The van der Waals surface area contributed by atoms with Crippen LogP contribution in [0.1, 0.15) is 24.7 Å². The van der Waals surface area contributed by atoms with Crippen LogP contribution in [0.2, 0.25) is 0 Å². The van der Waals surface area contributed by atoms with Gasteiger partial charge in [0.15, 0.2) is 0 Å². The van der Waals surface area contributed by atoms with Gasteiger partial charge in [-0.15, -0.1) is 0 Å². The molecule has 0 unspecified atom stereocenters. The maximum absolute atomic E-state index is 12.1. The Kier molecular flexibility index (Phi) is 4.79. The number of nitrogens with one attached hydrogen (secondary N) is 1. The van der Waals surface area contributed by atoms with E-state index >= 15 is 0 Å². The monoisotopic (exact) mass is 323 g/mol. The Bertz CT molecular complexity index is 855. The SMILES string of the molecule is CCn1c(CNC(=O)CCc2ccccc2O)nc2ccccc21. The number of carbonyl (C=O) groups excluding carboxylic acids is 1. The first-order valence-corrected chi connectivity index (χ1v) is 8.16. The second-order valence-electron chi connectivity index (χ2n) is 5.67. The number of phenolic OH excluding ortho intramolecular Hbond substituents is 1. The van der Waals surface area contributed by atoms with Crippen molar-refractivity contribution in [2.75, 3.05) is 0 Å². The van der Waals surface area contributed by atoms with Crippen molar-refractivity contribution in [2.24, 2.45) is 0 Å². The van der Waals surface area contributed by atoms with Gasteiger partial charge >= 0.3 is 0 Å². The van der Waals surface area contributed by atoms with E-state index < -0.39 is 0 Å². The molecule has 0 fully saturated rings. The molecule has 0 saturated heterocycles. The number of para-hydroxylation sites is 3. The number of nitrogens with zero attached hydrogens (tertiary/aromatic N) is 2. The number of imidazole rings is 1. The summed E-state index contributed by atoms with van der Waals surface area (Å²) >= 11 is 0. The van der Waals surface area contributed by atoms with E-state index in [4.69, 9.17) is 0 Å². The molecule has 0 aliphatic heterocycles. The Morgan fingerprint density at radius 2 is 1.92 bits per heavy atom. The minimum absolute atomic E-state index is 0.0482. The molecule has 124 valence electrons. The van der Waals surface area contributed by atoms with Crippen molar-refractivity contribution in [2.45, 2.75) is 32.9 Å². The summed E-state index contributed by atoms with van der Waals surface area (Å²) in [4.78, 5) is 16.7. The van der Waals surface area contributed by atoms with Crippen LogP contribution in [0, 0.1) is 0 Å². The highest BCUT2D eigenvalue weighted by Gasteiger charge is 2.10. The summed E-state index contributed by atoms with van der Waals surface area (Å²) in [5.74, 6) is 1.04. The summed E-state index contributed by atoms with van der Waals surface area (Å²) in [6.07, 6.45) is 0.854. The second kappa shape index (κ2) is 7.17. The standard InChI is InChI=1S/C19H21N3O2/c1-2-22-16-9-5-4-8-15(16)21-18(22)13-20-19(24)12-11-14-7-3-6-10-17(14)23/h3-10,23H,2,11-13H2,1H3,(H,20,24). The number of carbonyl (C=O) groups is 1. The molecule has 1 heterocycles. The van der Waals surface area contributed by atoms with E-state index in [0.717, 1.165) is 29.0 Å². The number of fused-ring (bicyclic) bond motifs is 1. The van der Waals surface area contributed by atoms with Crippen LogP contribution in [-0.2, 0) is 24.3 Å². The molecule has 24 heavy (non-hydrogen) atoms. The molecule has 0 atom stereocenters. The van der Waals surface area contributed by atoms with E-state index in [1.165, 1.54) is 0 Å². The second-order valence-corrected chi connectivity index (χ2v) is 5.67. The zero-order chi connectivity index (χ0) is 16.9. The van der Waals surface area contributed by atoms with Crippen LogP contribution in [0.5, 0.6) is 5.75 Å². The van der Waals surface area contributed by atoms with Crippen molar-refractivity contribution in [3.05, 3.63) is 59.9 Å². The summed E-state index contributed by atoms with van der Waals surface area (Å²) in [6.45, 7) is 3.28. The van der Waals surface area contributed by atoms with E-state index in [9.17, 15) is 9.90 Å². The fourth-order valence-corrected chi connectivity index (χ4v) is 2.85. The molecule has 2 N–H and O–H groups in total. The largest absolute Gasteiger partial charge is 0.508 e. The summed E-state index contributed by atoms with van der Waals surface area (Å²) in [6, 6.07) is 15.1. The number of aromatic hydroxyl groups is 1. The fraction of sp³-hybridized carbons (Fsp3) is 0.263. The normalized spacial score (nSPS) is 10.9. The molecular formula is C19H21N3O2. The van der Waals surface area contributed by atoms with E-state index in [2.05, 4.69) is 21.8 Å². The quantitative estimate of drug-likeness (QED) is 0.733. The fourth-order valence-electron chi connectivity index (χ4n) is 2.85. The number of aromatic nitrogens is 2. The first-order chi connectivity index (χ1) is 11.7. The first kappa shape index (κ1) is 16.1. The van der Waals surface area contributed by atoms with E-state index in [1.807, 2.05) is 36.4 Å². The number of phenols is 1. The van der Waals surface area contributed by atoms with Crippen molar-refractivity contribution < 1.29 is 9.90 Å². The van der Waals surface area contributed by atoms with Gasteiger partial charge in [0, 0.05) is 13.0 Å². The van der Waals surface area contributed by atoms with Crippen LogP contribution in [0.25, 0.3) is 11.0 Å². The average Bonchev–Trinajstić information content (AvgIpc) is 2.96. The summed E-state index contributed by atoms with van der Waals surface area (Å²) in [7, 11) is 0. The molecule has 0 saturated carbocycles. The number of benzene rings is 2. The molecule has 2 aromatic carbocycles. The van der Waals surface area contributed by atoms with Crippen LogP contribution in [0.3, 0.4) is 0 Å². The lowest BCUT2D eigenvalue weighted by molar-refractivity contribution is -0.121. The Balaban J connectivity index is 1.61. The maximum Gasteiger partial charge on any atom is 0.220 e. The van der Waals surface area contributed by atoms with Gasteiger partial charge < -0.3 is 15.0 Å². The van der Waals surface area contributed by atoms with Gasteiger partial charge in [-0.05, 0) is 37.1 Å². The molecule has 3 rings (SSSR count). The molecule has 0 aliphatic rings. The van der Waals surface area contributed by atoms with Gasteiger partial charge in [-0.3, -0.25) is 4.79 Å². The highest BCUT2D eigenvalue weighted by Crippen LogP contribution is 2.18. The number of hydrogen-bond donors (Lipinski definition) is 2. The third kappa shape index (κ3) is 3.40. The first-order valence-electron chi connectivity index (χ1n) is 8.16. The molecule has 3 aromatic rings.